The zero-order valence-corrected chi connectivity index (χ0v) is 39.1. The first-order valence-corrected chi connectivity index (χ1v) is 25.1. The van der Waals surface area contributed by atoms with E-state index in [1.807, 2.05) is 0 Å². The average Bonchev–Trinajstić information content (AvgIpc) is 4.15. The fraction of sp³-hybridized carbons (Fsp3) is 0.500. The smallest absolute Gasteiger partial charge is 0.346 e. The summed E-state index contributed by atoms with van der Waals surface area (Å²) in [5.41, 5.74) is -4.30. The Bertz CT molecular complexity index is 3150. The molecule has 12 nitrogen and oxygen atoms in total. The number of alkyl halides is 8. The van der Waals surface area contributed by atoms with Gasteiger partial charge in [-0.25, -0.2) is 25.6 Å². The predicted octanol–water partition coefficient (Wildman–Crippen LogP) is 9.70. The number of pyridine rings is 1. The summed E-state index contributed by atoms with van der Waals surface area (Å²) in [6.07, 6.45) is -9.60. The summed E-state index contributed by atoms with van der Waals surface area (Å²) in [6, 6.07) is 5.95. The van der Waals surface area contributed by atoms with Crippen LogP contribution in [0.1, 0.15) is 105 Å². The van der Waals surface area contributed by atoms with Gasteiger partial charge in [0.25, 0.3) is 5.92 Å². The van der Waals surface area contributed by atoms with Crippen molar-refractivity contribution in [2.75, 3.05) is 4.72 Å². The second-order valence-electron chi connectivity index (χ2n) is 19.2. The van der Waals surface area contributed by atoms with Crippen LogP contribution in [0.2, 0.25) is 5.02 Å². The minimum atomic E-state index is -5.17. The standard InChI is InChI=1S/C44H42ClF10N7O5S2/c1-40(2,68(64,65)25-5-6-25)11-10-24-4-7-26(27-8-9-30(45)34-36(27)62(20-42(48,49)50)59-39(34)60-69(66,67)41(3)12-13-41)35(56-24)31(16-21-14-22(46)17-23(47)15-21)57-32(63)19-61-38-33(37(58-61)44(53,54)55)28-18-29(28)43(38,51)52/h4,7-9,14-15,17,25,28-29,31H,5-6,10-13,16,18-20H2,1-3H3,(H,57,63)(H,59,60)/t28-,29?,31-/m0/s1. The van der Waals surface area contributed by atoms with E-state index in [0.29, 0.717) is 23.6 Å². The molecule has 0 aliphatic heterocycles. The number of carbonyl (C=O) groups excluding carboxylic acids is 1. The van der Waals surface area contributed by atoms with Gasteiger partial charge in [0, 0.05) is 34.4 Å². The van der Waals surface area contributed by atoms with Gasteiger partial charge >= 0.3 is 12.4 Å². The van der Waals surface area contributed by atoms with Crippen LogP contribution in [0.5, 0.6) is 0 Å². The zero-order valence-electron chi connectivity index (χ0n) is 36.7. The van der Waals surface area contributed by atoms with E-state index in [-0.39, 0.29) is 80.8 Å². The van der Waals surface area contributed by atoms with Crippen molar-refractivity contribution < 1.29 is 65.5 Å². The summed E-state index contributed by atoms with van der Waals surface area (Å²) in [6.45, 7) is 1.48. The lowest BCUT2D eigenvalue weighted by Gasteiger charge is -2.26. The largest absolute Gasteiger partial charge is 0.435 e. The van der Waals surface area contributed by atoms with E-state index >= 15 is 8.78 Å². The van der Waals surface area contributed by atoms with Gasteiger partial charge in [-0.1, -0.05) is 23.7 Å². The fourth-order valence-electron chi connectivity index (χ4n) is 9.25. The number of aromatic nitrogens is 5. The Morgan fingerprint density at radius 2 is 1.58 bits per heavy atom. The third-order valence-corrected chi connectivity index (χ3v) is 19.1. The maximum Gasteiger partial charge on any atom is 0.435 e. The highest BCUT2D eigenvalue weighted by atomic mass is 35.5. The molecule has 5 aromatic rings. The van der Waals surface area contributed by atoms with Crippen LogP contribution < -0.4 is 10.0 Å². The molecule has 3 heterocycles. The molecule has 0 spiro atoms. The molecule has 69 heavy (non-hydrogen) atoms. The highest BCUT2D eigenvalue weighted by Gasteiger charge is 2.68. The Labute approximate surface area is 393 Å². The van der Waals surface area contributed by atoms with Gasteiger partial charge < -0.3 is 5.32 Å². The van der Waals surface area contributed by atoms with Crippen molar-refractivity contribution >= 4 is 54.1 Å². The van der Waals surface area contributed by atoms with Gasteiger partial charge in [-0.15, -0.1) is 0 Å². The van der Waals surface area contributed by atoms with Crippen molar-refractivity contribution in [1.29, 1.82) is 0 Å². The van der Waals surface area contributed by atoms with E-state index in [0.717, 1.165) is 12.1 Å². The number of sulfonamides is 1. The number of anilines is 1. The number of halogens is 11. The Hall–Kier alpha value is -4.97. The quantitative estimate of drug-likeness (QED) is 0.0926. The lowest BCUT2D eigenvalue weighted by Crippen LogP contribution is -2.36. The number of nitrogens with one attached hydrogen (secondary N) is 2. The van der Waals surface area contributed by atoms with Gasteiger partial charge in [-0.3, -0.25) is 23.9 Å². The number of sulfone groups is 1. The number of rotatable bonds is 16. The Morgan fingerprint density at radius 3 is 2.19 bits per heavy atom. The Morgan fingerprint density at radius 1 is 0.928 bits per heavy atom. The van der Waals surface area contributed by atoms with E-state index in [1.54, 1.807) is 0 Å². The summed E-state index contributed by atoms with van der Waals surface area (Å²) in [7, 11) is -7.90. The number of fused-ring (bicyclic) bond motifs is 4. The molecular weight excluding hydrogens is 996 g/mol. The molecule has 25 heteroatoms. The number of amides is 1. The van der Waals surface area contributed by atoms with E-state index in [4.69, 9.17) is 16.6 Å². The minimum absolute atomic E-state index is 0.0160. The van der Waals surface area contributed by atoms with Gasteiger partial charge in [-0.05, 0) is 108 Å². The van der Waals surface area contributed by atoms with Crippen LogP contribution in [0.25, 0.3) is 22.0 Å². The number of aryl methyl sites for hydroxylation is 1. The molecule has 4 aliphatic rings. The highest BCUT2D eigenvalue weighted by Crippen LogP contribution is 2.68. The maximum atomic E-state index is 15.6. The van der Waals surface area contributed by atoms with Gasteiger partial charge in [0.2, 0.25) is 15.9 Å². The number of nitrogens with zero attached hydrogens (tertiary/aromatic N) is 5. The van der Waals surface area contributed by atoms with Gasteiger partial charge in [0.05, 0.1) is 42.4 Å². The van der Waals surface area contributed by atoms with Crippen LogP contribution in [0.15, 0.2) is 42.5 Å². The molecule has 3 saturated carbocycles. The topological polar surface area (TPSA) is 158 Å². The molecule has 2 aromatic carbocycles. The molecule has 3 fully saturated rings. The van der Waals surface area contributed by atoms with Crippen LogP contribution in [-0.4, -0.2) is 68.2 Å². The summed E-state index contributed by atoms with van der Waals surface area (Å²) in [5, 5.41) is 8.91. The van der Waals surface area contributed by atoms with Crippen molar-refractivity contribution in [2.45, 2.75) is 130 Å². The molecular formula is C44H42ClF10N7O5S2. The fourth-order valence-corrected chi connectivity index (χ4v) is 12.8. The minimum Gasteiger partial charge on any atom is -0.346 e. The lowest BCUT2D eigenvalue weighted by atomic mass is 9.93. The van der Waals surface area contributed by atoms with Crippen LogP contribution in [0.4, 0.5) is 49.7 Å². The molecule has 0 saturated heterocycles. The van der Waals surface area contributed by atoms with Crippen molar-refractivity contribution in [3.63, 3.8) is 0 Å². The SMILES string of the molecule is CC1(S(=O)(=O)Nc2nn(CC(F)(F)F)c3c(-c4ccc(CCC(C)(C)S(=O)(=O)C5CC5)nc4[C@H](Cc4cc(F)cc(F)c4)NC(=O)Cn4nc(C(F)(F)F)c5c4C(F)(F)C4C[C@H]54)ccc(Cl)c23)CC1. The summed E-state index contributed by atoms with van der Waals surface area (Å²) >= 11 is 6.63. The molecule has 2 N–H and O–H groups in total. The summed E-state index contributed by atoms with van der Waals surface area (Å²) in [5.74, 6) is -10.3. The molecule has 9 rings (SSSR count). The first-order chi connectivity index (χ1) is 31.9. The number of benzene rings is 2. The summed E-state index contributed by atoms with van der Waals surface area (Å²) < 4.78 is 201. The van der Waals surface area contributed by atoms with Crippen LogP contribution >= 0.6 is 11.6 Å². The zero-order chi connectivity index (χ0) is 50.2. The molecule has 4 aliphatic carbocycles. The van der Waals surface area contributed by atoms with E-state index in [1.165, 1.54) is 45.0 Å². The Kier molecular flexibility index (Phi) is 11.6. The van der Waals surface area contributed by atoms with Crippen molar-refractivity contribution in [2.24, 2.45) is 5.92 Å². The molecule has 3 atom stereocenters. The van der Waals surface area contributed by atoms with Crippen molar-refractivity contribution in [1.82, 2.24) is 29.9 Å². The average molecular weight is 1040 g/mol. The van der Waals surface area contributed by atoms with Crippen molar-refractivity contribution in [3.05, 3.63) is 93.0 Å². The van der Waals surface area contributed by atoms with Crippen LogP contribution in [-0.2, 0) is 62.7 Å². The van der Waals surface area contributed by atoms with Gasteiger partial charge in [0.15, 0.2) is 21.3 Å². The third-order valence-electron chi connectivity index (χ3n) is 13.5. The van der Waals surface area contributed by atoms with Crippen LogP contribution in [0, 0.1) is 17.6 Å². The lowest BCUT2D eigenvalue weighted by molar-refractivity contribution is -0.142. The first-order valence-electron chi connectivity index (χ1n) is 21.7. The molecule has 1 unspecified atom stereocenters. The molecule has 0 radical (unpaired) electrons. The molecule has 1 amide bonds. The van der Waals surface area contributed by atoms with Gasteiger partial charge in [0.1, 0.15) is 30.4 Å². The molecule has 372 valence electrons. The highest BCUT2D eigenvalue weighted by molar-refractivity contribution is 7.94. The van der Waals surface area contributed by atoms with E-state index in [9.17, 15) is 56.8 Å². The van der Waals surface area contributed by atoms with Crippen molar-refractivity contribution in [3.8, 4) is 11.1 Å². The Balaban J connectivity index is 1.21. The second-order valence-corrected chi connectivity index (χ2v) is 24.6. The monoisotopic (exact) mass is 1040 g/mol. The maximum absolute atomic E-state index is 15.6. The van der Waals surface area contributed by atoms with E-state index in [2.05, 4.69) is 20.2 Å². The normalized spacial score (nSPS) is 20.1. The predicted molar refractivity (Wildman–Crippen MR) is 231 cm³/mol. The number of carbonyl (C=O) groups is 1. The number of hydrogen-bond donors (Lipinski definition) is 2. The third kappa shape index (κ3) is 9.05. The molecule has 3 aromatic heterocycles. The van der Waals surface area contributed by atoms with Crippen LogP contribution in [0.3, 0.4) is 0 Å². The van der Waals surface area contributed by atoms with E-state index < -0.39 is 131 Å². The number of hydrogen-bond acceptors (Lipinski definition) is 8. The summed E-state index contributed by atoms with van der Waals surface area (Å²) in [4.78, 5) is 19.0. The first kappa shape index (κ1) is 49.0. The van der Waals surface area contributed by atoms with Gasteiger partial charge in [-0.2, -0.15) is 45.3 Å². The molecule has 0 bridgehead atoms. The second kappa shape index (κ2) is 16.3.